The van der Waals surface area contributed by atoms with Gasteiger partial charge in [-0.15, -0.1) is 0 Å². The number of benzene rings is 2. The molecule has 0 aliphatic heterocycles. The summed E-state index contributed by atoms with van der Waals surface area (Å²) in [7, 11) is 0. The van der Waals surface area contributed by atoms with Crippen molar-refractivity contribution in [3.8, 4) is 0 Å². The molecule has 80 valence electrons. The average Bonchev–Trinajstić information content (AvgIpc) is 2.30. The van der Waals surface area contributed by atoms with Gasteiger partial charge in [0.05, 0.1) is 0 Å². The van der Waals surface area contributed by atoms with Crippen LogP contribution in [0.3, 0.4) is 0 Å². The van der Waals surface area contributed by atoms with Gasteiger partial charge in [-0.3, -0.25) is 0 Å². The largest absolute Gasteiger partial charge is 0.398 e. The molecule has 0 radical (unpaired) electrons. The molecule has 1 aliphatic rings. The van der Waals surface area contributed by atoms with Crippen molar-refractivity contribution in [3.63, 3.8) is 0 Å². The van der Waals surface area contributed by atoms with Crippen molar-refractivity contribution in [2.45, 2.75) is 19.3 Å². The Morgan fingerprint density at radius 2 is 2.06 bits per heavy atom. The van der Waals surface area contributed by atoms with Crippen LogP contribution >= 0.6 is 0 Å². The van der Waals surface area contributed by atoms with Gasteiger partial charge in [0.2, 0.25) is 0 Å². The van der Waals surface area contributed by atoms with Gasteiger partial charge in [-0.2, -0.15) is 0 Å². The Balaban J connectivity index is 2.46. The lowest BCUT2D eigenvalue weighted by Gasteiger charge is -2.21. The van der Waals surface area contributed by atoms with Crippen molar-refractivity contribution in [2.24, 2.45) is 0 Å². The topological polar surface area (TPSA) is 26.0 Å². The predicted molar refractivity (Wildman–Crippen MR) is 70.4 cm³/mol. The minimum Gasteiger partial charge on any atom is -0.398 e. The number of hydrogen-bond acceptors (Lipinski definition) is 1. The summed E-state index contributed by atoms with van der Waals surface area (Å²) >= 11 is 0. The molecule has 16 heavy (non-hydrogen) atoms. The highest BCUT2D eigenvalue weighted by Crippen LogP contribution is 2.38. The quantitative estimate of drug-likeness (QED) is 0.653. The summed E-state index contributed by atoms with van der Waals surface area (Å²) in [5.41, 5.74) is 9.65. The molecule has 0 bridgehead atoms. The van der Waals surface area contributed by atoms with Gasteiger partial charge in [0.1, 0.15) is 0 Å². The molecular weight excluding hydrogens is 194 g/mol. The van der Waals surface area contributed by atoms with Gasteiger partial charge in [0.25, 0.3) is 0 Å². The fraction of sp³-hybridized carbons (Fsp3) is 0.200. The zero-order valence-corrected chi connectivity index (χ0v) is 9.40. The Hall–Kier alpha value is -1.76. The predicted octanol–water partition coefficient (Wildman–Crippen LogP) is 3.94. The lowest BCUT2D eigenvalue weighted by atomic mass is 9.84. The molecule has 3 rings (SSSR count). The van der Waals surface area contributed by atoms with Gasteiger partial charge in [-0.25, -0.2) is 0 Å². The molecule has 0 spiro atoms. The monoisotopic (exact) mass is 209 g/mol. The lowest BCUT2D eigenvalue weighted by Crippen LogP contribution is -2.04. The van der Waals surface area contributed by atoms with Gasteiger partial charge in [-0.05, 0) is 34.7 Å². The second kappa shape index (κ2) is 3.38. The van der Waals surface area contributed by atoms with Crippen LogP contribution in [0.4, 0.5) is 5.69 Å². The SMILES string of the molecule is CC1CC=Cc2c(N)cc3ccccc3c21. The fourth-order valence-corrected chi connectivity index (χ4v) is 2.64. The summed E-state index contributed by atoms with van der Waals surface area (Å²) in [4.78, 5) is 0. The van der Waals surface area contributed by atoms with E-state index in [4.69, 9.17) is 5.73 Å². The Morgan fingerprint density at radius 1 is 1.25 bits per heavy atom. The first-order valence-corrected chi connectivity index (χ1v) is 5.75. The fourth-order valence-electron chi connectivity index (χ4n) is 2.64. The lowest BCUT2D eigenvalue weighted by molar-refractivity contribution is 0.780. The summed E-state index contributed by atoms with van der Waals surface area (Å²) in [6.45, 7) is 2.27. The van der Waals surface area contributed by atoms with E-state index in [1.54, 1.807) is 0 Å². The minimum atomic E-state index is 0.563. The third kappa shape index (κ3) is 1.25. The van der Waals surface area contributed by atoms with E-state index in [-0.39, 0.29) is 0 Å². The zero-order chi connectivity index (χ0) is 11.1. The van der Waals surface area contributed by atoms with Crippen molar-refractivity contribution in [3.05, 3.63) is 47.5 Å². The highest BCUT2D eigenvalue weighted by Gasteiger charge is 2.17. The molecular formula is C15H15N. The smallest absolute Gasteiger partial charge is 0.0396 e. The molecule has 0 saturated heterocycles. The molecule has 1 nitrogen and oxygen atoms in total. The molecule has 2 N–H and O–H groups in total. The Bertz CT molecular complexity index is 581. The van der Waals surface area contributed by atoms with E-state index in [9.17, 15) is 0 Å². The van der Waals surface area contributed by atoms with Crippen LogP contribution in [0.2, 0.25) is 0 Å². The van der Waals surface area contributed by atoms with Crippen molar-refractivity contribution in [1.82, 2.24) is 0 Å². The van der Waals surface area contributed by atoms with Crippen LogP contribution < -0.4 is 5.73 Å². The van der Waals surface area contributed by atoms with E-state index in [1.807, 2.05) is 0 Å². The van der Waals surface area contributed by atoms with Crippen LogP contribution in [0.5, 0.6) is 0 Å². The Morgan fingerprint density at radius 3 is 2.94 bits per heavy atom. The van der Waals surface area contributed by atoms with Crippen LogP contribution in [0.15, 0.2) is 36.4 Å². The third-order valence-corrected chi connectivity index (χ3v) is 3.43. The first kappa shape index (κ1) is 9.46. The van der Waals surface area contributed by atoms with Crippen LogP contribution in [0.1, 0.15) is 30.4 Å². The van der Waals surface area contributed by atoms with E-state index in [2.05, 4.69) is 49.4 Å². The van der Waals surface area contributed by atoms with Gasteiger partial charge in [-0.1, -0.05) is 43.3 Å². The molecule has 1 unspecified atom stereocenters. The standard InChI is InChI=1S/C15H15N/c1-10-5-4-8-13-14(16)9-11-6-2-3-7-12(11)15(10)13/h2-4,6-10H,5,16H2,1H3. The van der Waals surface area contributed by atoms with Crippen molar-refractivity contribution >= 4 is 22.5 Å². The van der Waals surface area contributed by atoms with E-state index in [0.717, 1.165) is 12.1 Å². The molecule has 2 aromatic rings. The maximum Gasteiger partial charge on any atom is 0.0396 e. The Labute approximate surface area is 95.6 Å². The number of allylic oxidation sites excluding steroid dienone is 1. The van der Waals surface area contributed by atoms with Crippen molar-refractivity contribution in [1.29, 1.82) is 0 Å². The number of hydrogen-bond donors (Lipinski definition) is 1. The van der Waals surface area contributed by atoms with Gasteiger partial charge >= 0.3 is 0 Å². The summed E-state index contributed by atoms with van der Waals surface area (Å²) in [5.74, 6) is 0.563. The van der Waals surface area contributed by atoms with Crippen molar-refractivity contribution in [2.75, 3.05) is 5.73 Å². The molecule has 1 atom stereocenters. The summed E-state index contributed by atoms with van der Waals surface area (Å²) in [6.07, 6.45) is 5.50. The van der Waals surface area contributed by atoms with E-state index >= 15 is 0 Å². The first-order valence-electron chi connectivity index (χ1n) is 5.75. The maximum atomic E-state index is 6.12. The number of nitrogens with two attached hydrogens (primary N) is 1. The number of nitrogen functional groups attached to an aromatic ring is 1. The molecule has 0 amide bonds. The molecule has 2 aromatic carbocycles. The highest BCUT2D eigenvalue weighted by molar-refractivity contribution is 5.94. The van der Waals surface area contributed by atoms with E-state index in [1.165, 1.54) is 21.9 Å². The first-order chi connectivity index (χ1) is 7.77. The average molecular weight is 209 g/mol. The van der Waals surface area contributed by atoms with E-state index < -0.39 is 0 Å². The number of rotatable bonds is 0. The van der Waals surface area contributed by atoms with Gasteiger partial charge in [0, 0.05) is 11.3 Å². The van der Waals surface area contributed by atoms with Crippen LogP contribution in [-0.4, -0.2) is 0 Å². The van der Waals surface area contributed by atoms with Crippen LogP contribution in [-0.2, 0) is 0 Å². The summed E-state index contributed by atoms with van der Waals surface area (Å²) in [5, 5.41) is 2.60. The second-order valence-electron chi connectivity index (χ2n) is 4.55. The second-order valence-corrected chi connectivity index (χ2v) is 4.55. The summed E-state index contributed by atoms with van der Waals surface area (Å²) < 4.78 is 0. The third-order valence-electron chi connectivity index (χ3n) is 3.43. The van der Waals surface area contributed by atoms with Gasteiger partial charge < -0.3 is 5.73 Å². The molecule has 1 heteroatoms. The zero-order valence-electron chi connectivity index (χ0n) is 9.40. The minimum absolute atomic E-state index is 0.563. The molecule has 0 saturated carbocycles. The molecule has 0 aromatic heterocycles. The molecule has 0 heterocycles. The Kier molecular flexibility index (Phi) is 2.00. The summed E-state index contributed by atoms with van der Waals surface area (Å²) in [6, 6.07) is 10.6. The number of anilines is 1. The van der Waals surface area contributed by atoms with Crippen molar-refractivity contribution < 1.29 is 0 Å². The maximum absolute atomic E-state index is 6.12. The van der Waals surface area contributed by atoms with Gasteiger partial charge in [0.15, 0.2) is 0 Å². The number of fused-ring (bicyclic) bond motifs is 3. The van der Waals surface area contributed by atoms with Crippen LogP contribution in [0, 0.1) is 0 Å². The van der Waals surface area contributed by atoms with Crippen LogP contribution in [0.25, 0.3) is 16.8 Å². The normalized spacial score (nSPS) is 18.7. The molecule has 1 aliphatic carbocycles. The highest BCUT2D eigenvalue weighted by atomic mass is 14.6. The molecule has 0 fully saturated rings. The van der Waals surface area contributed by atoms with E-state index in [0.29, 0.717) is 5.92 Å².